The maximum atomic E-state index is 9.00. The van der Waals surface area contributed by atoms with Crippen LogP contribution < -0.4 is 21.5 Å². The predicted octanol–water partition coefficient (Wildman–Crippen LogP) is -5.50. The molecule has 130 valence electrons. The van der Waals surface area contributed by atoms with Gasteiger partial charge >= 0.3 is 139 Å². The number of aliphatic hydroxyl groups excluding tert-OH is 4. The molecular weight excluding hydrogens is 389 g/mol. The number of aliphatic hydroxyl groups is 4. The van der Waals surface area contributed by atoms with E-state index in [0.29, 0.717) is 26.2 Å². The first-order valence-corrected chi connectivity index (χ1v) is 10.5. The Morgan fingerprint density at radius 1 is 0.571 bits per heavy atom. The second-order valence-corrected chi connectivity index (χ2v) is 6.99. The van der Waals surface area contributed by atoms with Gasteiger partial charge in [0.2, 0.25) is 0 Å². The molecule has 0 bridgehead atoms. The van der Waals surface area contributed by atoms with Crippen molar-refractivity contribution in [2.24, 2.45) is 0 Å². The van der Waals surface area contributed by atoms with Gasteiger partial charge in [-0.05, 0) is 0 Å². The van der Waals surface area contributed by atoms with E-state index < -0.39 is 0 Å². The zero-order valence-corrected chi connectivity index (χ0v) is 15.2. The molecule has 0 spiro atoms. The summed E-state index contributed by atoms with van der Waals surface area (Å²) in [5.74, 6) is 0. The average Bonchev–Trinajstić information content (AvgIpc) is 2.48. The average molecular weight is 420 g/mol. The van der Waals surface area contributed by atoms with Crippen molar-refractivity contribution in [1.82, 2.24) is 12.9 Å². The fourth-order valence-electron chi connectivity index (χ4n) is 2.02. The molecule has 0 aliphatic carbocycles. The molecule has 0 unspecified atom stereocenters. The molecule has 0 amide bonds. The van der Waals surface area contributed by atoms with E-state index in [1.807, 2.05) is 0 Å². The Bertz CT molecular complexity index is 196. The van der Waals surface area contributed by atoms with E-state index in [0.717, 1.165) is 26.2 Å². The third-order valence-corrected chi connectivity index (χ3v) is 5.55. The topological polar surface area (TPSA) is 90.6 Å². The van der Waals surface area contributed by atoms with E-state index in [1.165, 1.54) is 0 Å². The molecule has 0 heterocycles. The molecule has 7 nitrogen and oxygen atoms in total. The summed E-state index contributed by atoms with van der Waals surface area (Å²) in [7, 11) is 0. The van der Waals surface area contributed by atoms with Crippen LogP contribution in [-0.4, -0.2) is 117 Å². The van der Waals surface area contributed by atoms with E-state index in [1.54, 1.807) is 0 Å². The Labute approximate surface area is 138 Å². The Morgan fingerprint density at radius 3 is 1.14 bits per heavy atom. The van der Waals surface area contributed by atoms with Crippen molar-refractivity contribution in [3.05, 3.63) is 0 Å². The standard InChI is InChI=1S/C13H31IN3O4/c1-14-17(4-2-15(6-10-18)7-11-19)5-3-16(8-12-20)9-13-21/h18-21H,2-13H2,1H3/q-1. The molecule has 0 atom stereocenters. The number of nitrogens with zero attached hydrogens (tertiary/aromatic N) is 3. The minimum absolute atomic E-state index is 0.0315. The van der Waals surface area contributed by atoms with Gasteiger partial charge in [-0.2, -0.15) is 0 Å². The van der Waals surface area contributed by atoms with Crippen LogP contribution in [0.15, 0.2) is 0 Å². The quantitative estimate of drug-likeness (QED) is 0.119. The van der Waals surface area contributed by atoms with Crippen molar-refractivity contribution in [1.29, 1.82) is 0 Å². The summed E-state index contributed by atoms with van der Waals surface area (Å²) < 4.78 is 2.41. The number of hydrogen-bond acceptors (Lipinski definition) is 7. The van der Waals surface area contributed by atoms with E-state index in [4.69, 9.17) is 20.4 Å². The normalized spacial score (nSPS) is 12.2. The van der Waals surface area contributed by atoms with Crippen molar-refractivity contribution in [3.63, 3.8) is 0 Å². The first kappa shape index (κ1) is 21.4. The van der Waals surface area contributed by atoms with Gasteiger partial charge in [-0.3, -0.25) is 0 Å². The fraction of sp³-hybridized carbons (Fsp3) is 1.00. The van der Waals surface area contributed by atoms with Crippen LogP contribution in [0, 0.1) is 0 Å². The van der Waals surface area contributed by atoms with Gasteiger partial charge in [-0.1, -0.05) is 0 Å². The Balaban J connectivity index is 4.06. The molecule has 8 heteroatoms. The minimum atomic E-state index is -0.0315. The molecule has 0 aromatic rings. The third kappa shape index (κ3) is 11.6. The summed E-state index contributed by atoms with van der Waals surface area (Å²) >= 11 is -0.0315. The van der Waals surface area contributed by atoms with E-state index >= 15 is 0 Å². The molecule has 0 radical (unpaired) electrons. The first-order valence-electron chi connectivity index (χ1n) is 7.34. The zero-order chi connectivity index (χ0) is 15.9. The molecule has 0 aliphatic rings. The van der Waals surface area contributed by atoms with Crippen molar-refractivity contribution in [2.45, 2.75) is 0 Å². The molecule has 0 saturated heterocycles. The van der Waals surface area contributed by atoms with E-state index in [-0.39, 0.29) is 47.9 Å². The van der Waals surface area contributed by atoms with Crippen LogP contribution in [0.2, 0.25) is 0 Å². The van der Waals surface area contributed by atoms with Crippen molar-refractivity contribution >= 4 is 0 Å². The van der Waals surface area contributed by atoms with Gasteiger partial charge in [0.1, 0.15) is 0 Å². The molecular formula is C13H31IN3O4-. The van der Waals surface area contributed by atoms with Crippen LogP contribution in [-0.2, 0) is 0 Å². The molecule has 0 saturated carbocycles. The SMILES string of the molecule is C[I-]N(CCN(CCO)CCO)CCN(CCO)CCO. The number of halogens is 1. The van der Waals surface area contributed by atoms with Crippen molar-refractivity contribution in [2.75, 3.05) is 83.7 Å². The summed E-state index contributed by atoms with van der Waals surface area (Å²) in [6.45, 7) is 6.37. The second kappa shape index (κ2) is 15.3. The molecule has 21 heavy (non-hydrogen) atoms. The fourth-order valence-corrected chi connectivity index (χ4v) is 3.41. The van der Waals surface area contributed by atoms with Crippen LogP contribution >= 0.6 is 0 Å². The third-order valence-electron chi connectivity index (χ3n) is 3.22. The van der Waals surface area contributed by atoms with Gasteiger partial charge < -0.3 is 0 Å². The zero-order valence-electron chi connectivity index (χ0n) is 13.0. The summed E-state index contributed by atoms with van der Waals surface area (Å²) in [5.41, 5.74) is 0. The molecule has 0 fully saturated rings. The molecule has 0 rings (SSSR count). The Kier molecular flexibility index (Phi) is 15.7. The van der Waals surface area contributed by atoms with Crippen molar-refractivity contribution in [3.8, 4) is 0 Å². The number of hydrogen-bond donors (Lipinski definition) is 4. The van der Waals surface area contributed by atoms with Crippen LogP contribution in [0.3, 0.4) is 0 Å². The molecule has 0 aromatic heterocycles. The molecule has 4 N–H and O–H groups in total. The van der Waals surface area contributed by atoms with Gasteiger partial charge in [0.15, 0.2) is 0 Å². The summed E-state index contributed by atoms with van der Waals surface area (Å²) in [6, 6.07) is 0. The summed E-state index contributed by atoms with van der Waals surface area (Å²) in [6.07, 6.45) is 0. The number of alkyl halides is 1. The van der Waals surface area contributed by atoms with Crippen molar-refractivity contribution < 1.29 is 41.9 Å². The van der Waals surface area contributed by atoms with E-state index in [2.05, 4.69) is 17.8 Å². The van der Waals surface area contributed by atoms with Gasteiger partial charge in [0.25, 0.3) is 0 Å². The van der Waals surface area contributed by atoms with Gasteiger partial charge in [-0.25, -0.2) is 0 Å². The number of rotatable bonds is 15. The second-order valence-electron chi connectivity index (χ2n) is 4.66. The molecule has 0 aliphatic heterocycles. The Hall–Kier alpha value is 0.450. The van der Waals surface area contributed by atoms with Crippen LogP contribution in [0.4, 0.5) is 0 Å². The molecule has 0 aromatic carbocycles. The van der Waals surface area contributed by atoms with Gasteiger partial charge in [0.05, 0.1) is 0 Å². The summed E-state index contributed by atoms with van der Waals surface area (Å²) in [5, 5.41) is 36.0. The van der Waals surface area contributed by atoms with E-state index in [9.17, 15) is 0 Å². The van der Waals surface area contributed by atoms with Gasteiger partial charge in [-0.15, -0.1) is 0 Å². The van der Waals surface area contributed by atoms with Crippen LogP contribution in [0.25, 0.3) is 0 Å². The van der Waals surface area contributed by atoms with Crippen LogP contribution in [0.5, 0.6) is 0 Å². The van der Waals surface area contributed by atoms with Gasteiger partial charge in [0, 0.05) is 0 Å². The van der Waals surface area contributed by atoms with Crippen LogP contribution in [0.1, 0.15) is 0 Å². The first-order chi connectivity index (χ1) is 10.2. The maximum absolute atomic E-state index is 9.00. The summed E-state index contributed by atoms with van der Waals surface area (Å²) in [4.78, 5) is 6.33. The predicted molar refractivity (Wildman–Crippen MR) is 78.7 cm³/mol. The monoisotopic (exact) mass is 420 g/mol. The Morgan fingerprint density at radius 2 is 0.905 bits per heavy atom.